The Balaban J connectivity index is 1.43. The zero-order valence-electron chi connectivity index (χ0n) is 9.45. The lowest BCUT2D eigenvalue weighted by Crippen LogP contribution is -2.36. The van der Waals surface area contributed by atoms with Crippen LogP contribution in [-0.4, -0.2) is 37.0 Å². The van der Waals surface area contributed by atoms with Crippen LogP contribution in [0.4, 0.5) is 0 Å². The molecule has 88 valence electrons. The van der Waals surface area contributed by atoms with Crippen molar-refractivity contribution < 1.29 is 9.84 Å². The van der Waals surface area contributed by atoms with Crippen LogP contribution in [0.3, 0.4) is 0 Å². The van der Waals surface area contributed by atoms with Crippen LogP contribution < -0.4 is 5.32 Å². The molecule has 0 amide bonds. The third kappa shape index (κ3) is 4.49. The first-order valence-electron chi connectivity index (χ1n) is 6.34. The van der Waals surface area contributed by atoms with Gasteiger partial charge in [-0.2, -0.15) is 0 Å². The van der Waals surface area contributed by atoms with Gasteiger partial charge in [-0.25, -0.2) is 0 Å². The smallest absolute Gasteiger partial charge is 0.0591 e. The summed E-state index contributed by atoms with van der Waals surface area (Å²) >= 11 is 0. The molecule has 2 fully saturated rings. The van der Waals surface area contributed by atoms with Gasteiger partial charge in [0.15, 0.2) is 0 Å². The van der Waals surface area contributed by atoms with Crippen molar-refractivity contribution in [3.8, 4) is 0 Å². The van der Waals surface area contributed by atoms with Gasteiger partial charge in [-0.1, -0.05) is 0 Å². The molecule has 0 radical (unpaired) electrons. The number of ether oxygens (including phenoxy) is 1. The second-order valence-corrected chi connectivity index (χ2v) is 4.98. The zero-order chi connectivity index (χ0) is 10.5. The highest BCUT2D eigenvalue weighted by Crippen LogP contribution is 2.28. The first kappa shape index (κ1) is 11.4. The number of nitrogens with one attached hydrogen (secondary N) is 1. The van der Waals surface area contributed by atoms with Crippen molar-refractivity contribution in [1.29, 1.82) is 0 Å². The van der Waals surface area contributed by atoms with Crippen molar-refractivity contribution in [3.63, 3.8) is 0 Å². The summed E-state index contributed by atoms with van der Waals surface area (Å²) in [5, 5.41) is 12.9. The highest BCUT2D eigenvalue weighted by Gasteiger charge is 2.21. The van der Waals surface area contributed by atoms with E-state index >= 15 is 0 Å². The average Bonchev–Trinajstić information content (AvgIpc) is 3.04. The maximum atomic E-state index is 9.35. The van der Waals surface area contributed by atoms with Crippen LogP contribution in [0.25, 0.3) is 0 Å². The van der Waals surface area contributed by atoms with E-state index in [1.54, 1.807) is 0 Å². The highest BCUT2D eigenvalue weighted by atomic mass is 16.5. The maximum absolute atomic E-state index is 9.35. The van der Waals surface area contributed by atoms with Crippen LogP contribution in [0.5, 0.6) is 0 Å². The zero-order valence-corrected chi connectivity index (χ0v) is 9.45. The van der Waals surface area contributed by atoms with E-state index in [-0.39, 0.29) is 6.10 Å². The molecule has 0 unspecified atom stereocenters. The van der Waals surface area contributed by atoms with Crippen LogP contribution in [0.2, 0.25) is 0 Å². The molecule has 0 aromatic rings. The van der Waals surface area contributed by atoms with Crippen molar-refractivity contribution in [2.45, 2.75) is 50.7 Å². The van der Waals surface area contributed by atoms with Crippen LogP contribution in [0.1, 0.15) is 38.5 Å². The highest BCUT2D eigenvalue weighted by molar-refractivity contribution is 4.76. The molecule has 0 saturated heterocycles. The van der Waals surface area contributed by atoms with Crippen LogP contribution >= 0.6 is 0 Å². The molecule has 2 aliphatic carbocycles. The summed E-state index contributed by atoms with van der Waals surface area (Å²) in [7, 11) is 0. The van der Waals surface area contributed by atoms with E-state index in [0.717, 1.165) is 51.4 Å². The summed E-state index contributed by atoms with van der Waals surface area (Å²) < 4.78 is 5.56. The first-order chi connectivity index (χ1) is 7.34. The first-order valence-corrected chi connectivity index (χ1v) is 6.34. The van der Waals surface area contributed by atoms with Crippen LogP contribution in [0.15, 0.2) is 0 Å². The molecule has 2 N–H and O–H groups in total. The van der Waals surface area contributed by atoms with Crippen molar-refractivity contribution in [3.05, 3.63) is 0 Å². The molecule has 15 heavy (non-hydrogen) atoms. The number of hydrogen-bond donors (Lipinski definition) is 2. The second-order valence-electron chi connectivity index (χ2n) is 4.98. The van der Waals surface area contributed by atoms with Crippen LogP contribution in [-0.2, 0) is 4.74 Å². The normalized spacial score (nSPS) is 31.8. The van der Waals surface area contributed by atoms with Crippen molar-refractivity contribution in [2.24, 2.45) is 5.92 Å². The lowest BCUT2D eigenvalue weighted by atomic mass is 9.93. The number of rotatable bonds is 6. The van der Waals surface area contributed by atoms with Gasteiger partial charge in [0.05, 0.1) is 12.7 Å². The monoisotopic (exact) mass is 213 g/mol. The molecule has 0 bridgehead atoms. The minimum atomic E-state index is -0.0471. The molecule has 0 spiro atoms. The molecule has 0 aliphatic heterocycles. The Morgan fingerprint density at radius 3 is 2.47 bits per heavy atom. The van der Waals surface area contributed by atoms with Gasteiger partial charge in [0.25, 0.3) is 0 Å². The van der Waals surface area contributed by atoms with Crippen molar-refractivity contribution in [1.82, 2.24) is 5.32 Å². The minimum absolute atomic E-state index is 0.0471. The maximum Gasteiger partial charge on any atom is 0.0591 e. The predicted octanol–water partition coefficient (Wildman–Crippen LogP) is 1.31. The van der Waals surface area contributed by atoms with Gasteiger partial charge in [-0.15, -0.1) is 0 Å². The molecule has 2 saturated carbocycles. The van der Waals surface area contributed by atoms with Gasteiger partial charge in [-0.3, -0.25) is 0 Å². The van der Waals surface area contributed by atoms with Gasteiger partial charge >= 0.3 is 0 Å². The number of aliphatic hydroxyl groups is 1. The molecule has 3 nitrogen and oxygen atoms in total. The third-order valence-corrected chi connectivity index (χ3v) is 3.43. The molecule has 2 aliphatic rings. The van der Waals surface area contributed by atoms with E-state index in [1.165, 1.54) is 12.8 Å². The fourth-order valence-electron chi connectivity index (χ4n) is 2.15. The Labute approximate surface area is 92.2 Å². The quantitative estimate of drug-likeness (QED) is 0.654. The standard InChI is InChI=1S/C12H23NO2/c14-12-5-3-11(4-6-12)13-7-8-15-9-10-1-2-10/h10-14H,1-9H2. The Kier molecular flexibility index (Phi) is 4.42. The van der Waals surface area contributed by atoms with E-state index in [0.29, 0.717) is 6.04 Å². The second kappa shape index (κ2) is 5.83. The Bertz CT molecular complexity index is 174. The molecule has 3 heteroatoms. The summed E-state index contributed by atoms with van der Waals surface area (Å²) in [6, 6.07) is 0.609. The predicted molar refractivity (Wildman–Crippen MR) is 59.8 cm³/mol. The lowest BCUT2D eigenvalue weighted by Gasteiger charge is -2.26. The molecule has 0 atom stereocenters. The minimum Gasteiger partial charge on any atom is -0.393 e. The Hall–Kier alpha value is -0.120. The third-order valence-electron chi connectivity index (χ3n) is 3.43. The van der Waals surface area contributed by atoms with E-state index in [4.69, 9.17) is 4.74 Å². The number of aliphatic hydroxyl groups excluding tert-OH is 1. The summed E-state index contributed by atoms with van der Waals surface area (Å²) in [6.07, 6.45) is 6.84. The average molecular weight is 213 g/mol. The fraction of sp³-hybridized carbons (Fsp3) is 1.00. The summed E-state index contributed by atoms with van der Waals surface area (Å²) in [4.78, 5) is 0. The molecule has 0 aromatic carbocycles. The number of hydrogen-bond acceptors (Lipinski definition) is 3. The molecular formula is C12H23NO2. The lowest BCUT2D eigenvalue weighted by molar-refractivity contribution is 0.104. The molecular weight excluding hydrogens is 190 g/mol. The van der Waals surface area contributed by atoms with Gasteiger partial charge in [0.1, 0.15) is 0 Å². The SMILES string of the molecule is OC1CCC(NCCOCC2CC2)CC1. The molecule has 0 heterocycles. The summed E-state index contributed by atoms with van der Waals surface area (Å²) in [5.41, 5.74) is 0. The Morgan fingerprint density at radius 2 is 1.80 bits per heavy atom. The topological polar surface area (TPSA) is 41.5 Å². The summed E-state index contributed by atoms with van der Waals surface area (Å²) in [5.74, 6) is 0.870. The van der Waals surface area contributed by atoms with Gasteiger partial charge in [0, 0.05) is 19.2 Å². The van der Waals surface area contributed by atoms with Crippen LogP contribution in [0, 0.1) is 5.92 Å². The van der Waals surface area contributed by atoms with E-state index in [9.17, 15) is 5.11 Å². The largest absolute Gasteiger partial charge is 0.393 e. The van der Waals surface area contributed by atoms with Gasteiger partial charge in [0.2, 0.25) is 0 Å². The molecule has 2 rings (SSSR count). The van der Waals surface area contributed by atoms with Crippen molar-refractivity contribution in [2.75, 3.05) is 19.8 Å². The Morgan fingerprint density at radius 1 is 1.07 bits per heavy atom. The van der Waals surface area contributed by atoms with Gasteiger partial charge < -0.3 is 15.2 Å². The van der Waals surface area contributed by atoms with E-state index in [2.05, 4.69) is 5.32 Å². The summed E-state index contributed by atoms with van der Waals surface area (Å²) in [6.45, 7) is 2.77. The molecule has 0 aromatic heterocycles. The van der Waals surface area contributed by atoms with E-state index < -0.39 is 0 Å². The van der Waals surface area contributed by atoms with Gasteiger partial charge in [-0.05, 0) is 44.4 Å². The fourth-order valence-corrected chi connectivity index (χ4v) is 2.15. The van der Waals surface area contributed by atoms with Crippen molar-refractivity contribution >= 4 is 0 Å². The van der Waals surface area contributed by atoms with E-state index in [1.807, 2.05) is 0 Å².